The minimum absolute atomic E-state index is 0. The molecule has 3 rings (SSSR count). The molecule has 1 aliphatic heterocycles. The van der Waals surface area contributed by atoms with Crippen molar-refractivity contribution < 1.29 is 9.53 Å². The van der Waals surface area contributed by atoms with Gasteiger partial charge in [-0.3, -0.25) is 4.79 Å². The van der Waals surface area contributed by atoms with Gasteiger partial charge in [-0.05, 0) is 25.7 Å². The molecule has 3 fully saturated rings. The number of nitrogens with two attached hydrogens (primary N) is 1. The van der Waals surface area contributed by atoms with Gasteiger partial charge in [0.15, 0.2) is 0 Å². The highest BCUT2D eigenvalue weighted by Gasteiger charge is 2.45. The number of ether oxygens (including phenoxy) is 1. The lowest BCUT2D eigenvalue weighted by atomic mass is 9.88. The van der Waals surface area contributed by atoms with Gasteiger partial charge in [0.25, 0.3) is 0 Å². The Hall–Kier alpha value is -0.320. The second-order valence-corrected chi connectivity index (χ2v) is 6.12. The lowest BCUT2D eigenvalue weighted by Crippen LogP contribution is -2.62. The molecule has 2 atom stereocenters. The second kappa shape index (κ2) is 5.98. The molecule has 1 saturated heterocycles. The summed E-state index contributed by atoms with van der Waals surface area (Å²) in [6, 6.07) is 0.293. The van der Waals surface area contributed by atoms with Gasteiger partial charge in [-0.1, -0.05) is 25.7 Å². The molecule has 4 nitrogen and oxygen atoms in total. The van der Waals surface area contributed by atoms with Crippen molar-refractivity contribution in [3.63, 3.8) is 0 Å². The summed E-state index contributed by atoms with van der Waals surface area (Å²) >= 11 is 0. The topological polar surface area (TPSA) is 55.6 Å². The molecular formula is C14H25ClN2O2. The second-order valence-electron chi connectivity index (χ2n) is 6.12. The molecule has 3 aliphatic rings. The third kappa shape index (κ3) is 2.76. The van der Waals surface area contributed by atoms with Crippen molar-refractivity contribution in [2.75, 3.05) is 13.2 Å². The van der Waals surface area contributed by atoms with Crippen molar-refractivity contribution in [3.8, 4) is 0 Å². The minimum atomic E-state index is -0.570. The van der Waals surface area contributed by atoms with Gasteiger partial charge in [-0.15, -0.1) is 12.4 Å². The third-order valence-corrected chi connectivity index (χ3v) is 4.91. The van der Waals surface area contributed by atoms with Crippen molar-refractivity contribution >= 4 is 18.3 Å². The van der Waals surface area contributed by atoms with Gasteiger partial charge in [0.2, 0.25) is 5.91 Å². The van der Waals surface area contributed by atoms with E-state index in [1.807, 2.05) is 0 Å². The highest BCUT2D eigenvalue weighted by Crippen LogP contribution is 2.34. The number of hydrogen-bond acceptors (Lipinski definition) is 3. The molecule has 1 heterocycles. The smallest absolute Gasteiger partial charge is 0.243 e. The van der Waals surface area contributed by atoms with Crippen molar-refractivity contribution in [1.82, 2.24) is 4.90 Å². The number of fused-ring (bicyclic) bond motifs is 1. The fourth-order valence-electron chi connectivity index (χ4n) is 3.85. The highest BCUT2D eigenvalue weighted by molar-refractivity contribution is 5.87. The number of morpholine rings is 1. The molecule has 110 valence electrons. The van der Waals surface area contributed by atoms with E-state index in [1.165, 1.54) is 12.8 Å². The summed E-state index contributed by atoms with van der Waals surface area (Å²) in [6.45, 7) is 1.42. The molecule has 0 spiro atoms. The Balaban J connectivity index is 0.00000133. The summed E-state index contributed by atoms with van der Waals surface area (Å²) in [6.07, 6.45) is 8.82. The summed E-state index contributed by atoms with van der Waals surface area (Å²) < 4.78 is 5.82. The third-order valence-electron chi connectivity index (χ3n) is 4.91. The molecule has 19 heavy (non-hydrogen) atoms. The number of carbonyl (C=O) groups excluding carboxylic acids is 1. The fourth-order valence-corrected chi connectivity index (χ4v) is 3.85. The first-order valence-electron chi connectivity index (χ1n) is 7.42. The Kier molecular flexibility index (Phi) is 4.75. The standard InChI is InChI=1S/C14H24N2O2.ClH/c15-14(7-3-4-8-14)13(17)16-9-10-18-12-6-2-1-5-11(12)16;/h11-12H,1-10,15H2;1H. The van der Waals surface area contributed by atoms with Crippen LogP contribution in [0.5, 0.6) is 0 Å². The zero-order chi connectivity index (χ0) is 12.6. The SMILES string of the molecule is Cl.NC1(C(=O)N2CCOC3CCCCC32)CCCC1. The Bertz CT molecular complexity index is 329. The van der Waals surface area contributed by atoms with Crippen LogP contribution in [0.1, 0.15) is 51.4 Å². The van der Waals surface area contributed by atoms with Crippen LogP contribution in [0.15, 0.2) is 0 Å². The predicted octanol–water partition coefficient (Wildman–Crippen LogP) is 1.85. The lowest BCUT2D eigenvalue weighted by Gasteiger charge is -2.46. The summed E-state index contributed by atoms with van der Waals surface area (Å²) in [4.78, 5) is 14.8. The Morgan fingerprint density at radius 3 is 2.58 bits per heavy atom. The van der Waals surface area contributed by atoms with E-state index in [1.54, 1.807) is 0 Å². The van der Waals surface area contributed by atoms with Gasteiger partial charge >= 0.3 is 0 Å². The lowest BCUT2D eigenvalue weighted by molar-refractivity contribution is -0.155. The van der Waals surface area contributed by atoms with Crippen LogP contribution >= 0.6 is 12.4 Å². The first-order valence-corrected chi connectivity index (χ1v) is 7.42. The Morgan fingerprint density at radius 1 is 1.16 bits per heavy atom. The number of nitrogens with zero attached hydrogens (tertiary/aromatic N) is 1. The first kappa shape index (κ1) is 15.1. The molecule has 2 unspecified atom stereocenters. The van der Waals surface area contributed by atoms with Crippen LogP contribution in [-0.4, -0.2) is 41.6 Å². The normalized spacial score (nSPS) is 33.4. The van der Waals surface area contributed by atoms with E-state index in [0.717, 1.165) is 45.1 Å². The Morgan fingerprint density at radius 2 is 1.84 bits per heavy atom. The fraction of sp³-hybridized carbons (Fsp3) is 0.929. The molecule has 1 amide bonds. The van der Waals surface area contributed by atoms with Gasteiger partial charge in [-0.25, -0.2) is 0 Å². The van der Waals surface area contributed by atoms with Crippen molar-refractivity contribution in [1.29, 1.82) is 0 Å². The molecule has 0 aromatic heterocycles. The van der Waals surface area contributed by atoms with E-state index in [9.17, 15) is 4.79 Å². The van der Waals surface area contributed by atoms with Gasteiger partial charge in [0.05, 0.1) is 24.3 Å². The molecular weight excluding hydrogens is 264 g/mol. The van der Waals surface area contributed by atoms with Gasteiger partial charge in [-0.2, -0.15) is 0 Å². The molecule has 0 radical (unpaired) electrons. The maximum absolute atomic E-state index is 12.7. The van der Waals surface area contributed by atoms with E-state index in [0.29, 0.717) is 12.6 Å². The van der Waals surface area contributed by atoms with Crippen molar-refractivity contribution in [3.05, 3.63) is 0 Å². The average molecular weight is 289 g/mol. The summed E-state index contributed by atoms with van der Waals surface area (Å²) in [5.74, 6) is 0.195. The van der Waals surface area contributed by atoms with Gasteiger partial charge in [0.1, 0.15) is 0 Å². The number of rotatable bonds is 1. The number of halogens is 1. The van der Waals surface area contributed by atoms with Crippen LogP contribution in [-0.2, 0) is 9.53 Å². The molecule has 0 aromatic rings. The molecule has 0 bridgehead atoms. The van der Waals surface area contributed by atoms with E-state index < -0.39 is 5.54 Å². The highest BCUT2D eigenvalue weighted by atomic mass is 35.5. The van der Waals surface area contributed by atoms with E-state index in [-0.39, 0.29) is 24.4 Å². The maximum Gasteiger partial charge on any atom is 0.243 e. The first-order chi connectivity index (χ1) is 8.71. The average Bonchev–Trinajstić information content (AvgIpc) is 2.85. The molecule has 2 aliphatic carbocycles. The van der Waals surface area contributed by atoms with E-state index in [4.69, 9.17) is 10.5 Å². The zero-order valence-corrected chi connectivity index (χ0v) is 12.3. The molecule has 2 saturated carbocycles. The predicted molar refractivity (Wildman–Crippen MR) is 76.3 cm³/mol. The molecule has 2 N–H and O–H groups in total. The van der Waals surface area contributed by atoms with Crippen molar-refractivity contribution in [2.24, 2.45) is 5.73 Å². The Labute approximate surface area is 121 Å². The van der Waals surface area contributed by atoms with E-state index in [2.05, 4.69) is 4.90 Å². The summed E-state index contributed by atoms with van der Waals surface area (Å²) in [7, 11) is 0. The van der Waals surface area contributed by atoms with Crippen LogP contribution in [0.3, 0.4) is 0 Å². The zero-order valence-electron chi connectivity index (χ0n) is 11.5. The van der Waals surface area contributed by atoms with Gasteiger partial charge < -0.3 is 15.4 Å². The maximum atomic E-state index is 12.7. The molecule has 5 heteroatoms. The monoisotopic (exact) mass is 288 g/mol. The van der Waals surface area contributed by atoms with Crippen LogP contribution in [0, 0.1) is 0 Å². The number of hydrogen-bond donors (Lipinski definition) is 1. The van der Waals surface area contributed by atoms with Crippen LogP contribution in [0.4, 0.5) is 0 Å². The quantitative estimate of drug-likeness (QED) is 0.801. The van der Waals surface area contributed by atoms with Gasteiger partial charge in [0, 0.05) is 6.54 Å². The van der Waals surface area contributed by atoms with Crippen LogP contribution < -0.4 is 5.73 Å². The van der Waals surface area contributed by atoms with Crippen LogP contribution in [0.2, 0.25) is 0 Å². The van der Waals surface area contributed by atoms with Crippen molar-refractivity contribution in [2.45, 2.75) is 69.1 Å². The summed E-state index contributed by atoms with van der Waals surface area (Å²) in [5.41, 5.74) is 5.75. The minimum Gasteiger partial charge on any atom is -0.374 e. The number of carbonyl (C=O) groups is 1. The van der Waals surface area contributed by atoms with Crippen LogP contribution in [0.25, 0.3) is 0 Å². The summed E-state index contributed by atoms with van der Waals surface area (Å²) in [5, 5.41) is 0. The largest absolute Gasteiger partial charge is 0.374 e. The van der Waals surface area contributed by atoms with E-state index >= 15 is 0 Å². The number of amides is 1. The molecule has 0 aromatic carbocycles.